The molecule has 2 aromatic heterocycles. The molecule has 1 amide bonds. The first-order valence-corrected chi connectivity index (χ1v) is 7.02. The molecule has 0 aliphatic rings. The van der Waals surface area contributed by atoms with Crippen molar-refractivity contribution in [3.8, 4) is 11.6 Å². The van der Waals surface area contributed by atoms with Gasteiger partial charge in [0.15, 0.2) is 0 Å². The van der Waals surface area contributed by atoms with Gasteiger partial charge in [-0.25, -0.2) is 9.97 Å². The summed E-state index contributed by atoms with van der Waals surface area (Å²) in [5.74, 6) is -2.55. The van der Waals surface area contributed by atoms with Gasteiger partial charge in [0.25, 0.3) is 5.91 Å². The molecule has 0 bridgehead atoms. The lowest BCUT2D eigenvalue weighted by atomic mass is 10.2. The van der Waals surface area contributed by atoms with Crippen molar-refractivity contribution in [1.29, 1.82) is 0 Å². The van der Waals surface area contributed by atoms with Crippen LogP contribution < -0.4 is 5.32 Å². The predicted octanol–water partition coefficient (Wildman–Crippen LogP) is 1.39. The molecule has 8 nitrogen and oxygen atoms in total. The Labute approximate surface area is 140 Å². The third kappa shape index (κ3) is 4.83. The highest BCUT2D eigenvalue weighted by atomic mass is 19.4. The Morgan fingerprint density at radius 2 is 2.00 bits per heavy atom. The third-order valence-corrected chi connectivity index (χ3v) is 2.95. The number of alkyl halides is 3. The molecule has 11 heteroatoms. The maximum Gasteiger partial charge on any atom is 0.471 e. The number of halogens is 3. The van der Waals surface area contributed by atoms with Crippen LogP contribution in [-0.4, -0.2) is 57.6 Å². The average molecular weight is 356 g/mol. The molecule has 0 aliphatic carbocycles. The Balaban J connectivity index is 2.10. The second-order valence-corrected chi connectivity index (χ2v) is 5.29. The number of hydrogen-bond donors (Lipinski definition) is 1. The molecule has 0 saturated heterocycles. The molecule has 0 saturated carbocycles. The molecule has 134 valence electrons. The van der Waals surface area contributed by atoms with Crippen LogP contribution in [-0.2, 0) is 6.18 Å². The van der Waals surface area contributed by atoms with Gasteiger partial charge in [-0.15, -0.1) is 6.58 Å². The van der Waals surface area contributed by atoms with Gasteiger partial charge < -0.3 is 14.7 Å². The molecular weight excluding hydrogens is 341 g/mol. The normalized spacial score (nSPS) is 12.9. The van der Waals surface area contributed by atoms with E-state index in [1.54, 1.807) is 6.08 Å². The van der Waals surface area contributed by atoms with Crippen molar-refractivity contribution < 1.29 is 22.5 Å². The SMILES string of the molecule is C=C[C@H](CN(C)C)NC(=O)c1cnc(-c2noc(C(F)(F)F)n2)nc1. The number of carbonyl (C=O) groups is 1. The van der Waals surface area contributed by atoms with E-state index in [2.05, 4.69) is 36.5 Å². The Morgan fingerprint density at radius 3 is 2.48 bits per heavy atom. The van der Waals surface area contributed by atoms with Crippen LogP contribution in [0.4, 0.5) is 13.2 Å². The summed E-state index contributed by atoms with van der Waals surface area (Å²) in [6.45, 7) is 4.20. The van der Waals surface area contributed by atoms with Gasteiger partial charge in [0, 0.05) is 18.9 Å². The summed E-state index contributed by atoms with van der Waals surface area (Å²) < 4.78 is 41.4. The van der Waals surface area contributed by atoms with Gasteiger partial charge in [-0.1, -0.05) is 11.2 Å². The van der Waals surface area contributed by atoms with Gasteiger partial charge in [-0.3, -0.25) is 4.79 Å². The molecule has 1 N–H and O–H groups in total. The van der Waals surface area contributed by atoms with E-state index >= 15 is 0 Å². The maximum absolute atomic E-state index is 12.4. The van der Waals surface area contributed by atoms with Gasteiger partial charge >= 0.3 is 12.1 Å². The summed E-state index contributed by atoms with van der Waals surface area (Å²) in [6, 6.07) is -0.284. The molecule has 0 spiro atoms. The first-order valence-electron chi connectivity index (χ1n) is 7.02. The summed E-state index contributed by atoms with van der Waals surface area (Å²) in [5, 5.41) is 5.89. The lowest BCUT2D eigenvalue weighted by molar-refractivity contribution is -0.159. The first kappa shape index (κ1) is 18.5. The van der Waals surface area contributed by atoms with Crippen LogP contribution in [0.15, 0.2) is 29.6 Å². The molecule has 1 atom stereocenters. The molecule has 25 heavy (non-hydrogen) atoms. The summed E-state index contributed by atoms with van der Waals surface area (Å²) in [6.07, 6.45) is -0.837. The Morgan fingerprint density at radius 1 is 1.36 bits per heavy atom. The van der Waals surface area contributed by atoms with Crippen molar-refractivity contribution in [3.05, 3.63) is 36.5 Å². The van der Waals surface area contributed by atoms with Crippen molar-refractivity contribution in [1.82, 2.24) is 30.3 Å². The first-order chi connectivity index (χ1) is 11.7. The molecule has 0 aromatic carbocycles. The number of hydrogen-bond acceptors (Lipinski definition) is 7. The fraction of sp³-hybridized carbons (Fsp3) is 0.357. The Hall–Kier alpha value is -2.82. The van der Waals surface area contributed by atoms with Crippen LogP contribution in [0.5, 0.6) is 0 Å². The number of likely N-dealkylation sites (N-methyl/N-ethyl adjacent to an activating group) is 1. The minimum absolute atomic E-state index is 0.133. The number of aromatic nitrogens is 4. The molecule has 2 rings (SSSR count). The van der Waals surface area contributed by atoms with Gasteiger partial charge in [-0.2, -0.15) is 18.2 Å². The molecule has 0 radical (unpaired) electrons. The molecule has 2 heterocycles. The van der Waals surface area contributed by atoms with Gasteiger partial charge in [0.2, 0.25) is 11.6 Å². The largest absolute Gasteiger partial charge is 0.471 e. The van der Waals surface area contributed by atoms with E-state index in [1.807, 2.05) is 19.0 Å². The summed E-state index contributed by atoms with van der Waals surface area (Å²) in [7, 11) is 3.70. The number of nitrogens with one attached hydrogen (secondary N) is 1. The third-order valence-electron chi connectivity index (χ3n) is 2.95. The van der Waals surface area contributed by atoms with Gasteiger partial charge in [-0.05, 0) is 14.1 Å². The van der Waals surface area contributed by atoms with Crippen LogP contribution in [0.1, 0.15) is 16.2 Å². The van der Waals surface area contributed by atoms with Crippen LogP contribution in [0, 0.1) is 0 Å². The topological polar surface area (TPSA) is 97.0 Å². The minimum atomic E-state index is -4.75. The number of amides is 1. The zero-order valence-electron chi connectivity index (χ0n) is 13.4. The fourth-order valence-corrected chi connectivity index (χ4v) is 1.81. The standard InChI is InChI=1S/C14H15F3N6O2/c1-4-9(7-23(2)3)20-12(24)8-5-18-10(19-6-8)11-21-13(25-22-11)14(15,16)17/h4-6,9H,1,7H2,2-3H3,(H,20,24)/t9-/m1/s1. The second-order valence-electron chi connectivity index (χ2n) is 5.29. The van der Waals surface area contributed by atoms with Crippen LogP contribution in [0.2, 0.25) is 0 Å². The highest BCUT2D eigenvalue weighted by Crippen LogP contribution is 2.28. The van der Waals surface area contributed by atoms with E-state index in [4.69, 9.17) is 0 Å². The summed E-state index contributed by atoms with van der Waals surface area (Å²) in [5.41, 5.74) is 0.133. The lowest BCUT2D eigenvalue weighted by Crippen LogP contribution is -2.40. The quantitative estimate of drug-likeness (QED) is 0.781. The summed E-state index contributed by atoms with van der Waals surface area (Å²) >= 11 is 0. The minimum Gasteiger partial charge on any atom is -0.344 e. The van der Waals surface area contributed by atoms with Gasteiger partial charge in [0.1, 0.15) is 0 Å². The molecule has 0 unspecified atom stereocenters. The van der Waals surface area contributed by atoms with Gasteiger partial charge in [0.05, 0.1) is 11.6 Å². The van der Waals surface area contributed by atoms with Crippen LogP contribution in [0.3, 0.4) is 0 Å². The molecule has 2 aromatic rings. The molecular formula is C14H15F3N6O2. The number of carbonyl (C=O) groups excluding carboxylic acids is 1. The average Bonchev–Trinajstić information content (AvgIpc) is 3.04. The van der Waals surface area contributed by atoms with E-state index in [-0.39, 0.29) is 17.4 Å². The number of nitrogens with zero attached hydrogens (tertiary/aromatic N) is 5. The van der Waals surface area contributed by atoms with E-state index < -0.39 is 23.8 Å². The highest BCUT2D eigenvalue weighted by Gasteiger charge is 2.38. The zero-order valence-corrected chi connectivity index (χ0v) is 13.4. The van der Waals surface area contributed by atoms with Crippen molar-refractivity contribution in [2.24, 2.45) is 0 Å². The zero-order chi connectivity index (χ0) is 18.6. The van der Waals surface area contributed by atoms with Crippen LogP contribution in [0.25, 0.3) is 11.6 Å². The van der Waals surface area contributed by atoms with E-state index in [0.717, 1.165) is 12.4 Å². The monoisotopic (exact) mass is 356 g/mol. The van der Waals surface area contributed by atoms with Crippen LogP contribution >= 0.6 is 0 Å². The smallest absolute Gasteiger partial charge is 0.344 e. The van der Waals surface area contributed by atoms with Crippen molar-refractivity contribution in [2.75, 3.05) is 20.6 Å². The lowest BCUT2D eigenvalue weighted by Gasteiger charge is -2.18. The Bertz CT molecular complexity index is 742. The molecule has 0 fully saturated rings. The highest BCUT2D eigenvalue weighted by molar-refractivity contribution is 5.94. The number of rotatable bonds is 6. The summed E-state index contributed by atoms with van der Waals surface area (Å²) in [4.78, 5) is 24.8. The second kappa shape index (κ2) is 7.38. The Kier molecular flexibility index (Phi) is 5.47. The van der Waals surface area contributed by atoms with Crippen molar-refractivity contribution in [3.63, 3.8) is 0 Å². The maximum atomic E-state index is 12.4. The fourth-order valence-electron chi connectivity index (χ4n) is 1.81. The molecule has 0 aliphatic heterocycles. The van der Waals surface area contributed by atoms with E-state index in [1.165, 1.54) is 0 Å². The van der Waals surface area contributed by atoms with Crippen molar-refractivity contribution in [2.45, 2.75) is 12.2 Å². The van der Waals surface area contributed by atoms with Crippen molar-refractivity contribution >= 4 is 5.91 Å². The predicted molar refractivity (Wildman–Crippen MR) is 80.3 cm³/mol. The van der Waals surface area contributed by atoms with E-state index in [9.17, 15) is 18.0 Å². The van der Waals surface area contributed by atoms with E-state index in [0.29, 0.717) is 6.54 Å².